The third-order valence-electron chi connectivity index (χ3n) is 3.28. The van der Waals surface area contributed by atoms with E-state index in [1.165, 1.54) is 12.4 Å². The maximum Gasteiger partial charge on any atom is 0.237 e. The second-order valence-electron chi connectivity index (χ2n) is 5.24. The van der Waals surface area contributed by atoms with Gasteiger partial charge in [0.15, 0.2) is 0 Å². The number of rotatable bonds is 5. The molecular weight excluding hydrogens is 271 g/mol. The fraction of sp³-hybridized carbons (Fsp3) is 0.333. The number of nitrogens with one attached hydrogen (secondary N) is 1. The molecule has 0 aliphatic heterocycles. The highest BCUT2D eigenvalue weighted by Gasteiger charge is 2.16. The summed E-state index contributed by atoms with van der Waals surface area (Å²) in [7, 11) is 0. The van der Waals surface area contributed by atoms with Crippen LogP contribution in [0.1, 0.15) is 19.4 Å². The van der Waals surface area contributed by atoms with Crippen LogP contribution in [0.5, 0.6) is 0 Å². The summed E-state index contributed by atoms with van der Waals surface area (Å²) in [4.78, 5) is 15.6. The second kappa shape index (κ2) is 6.49. The molecule has 0 radical (unpaired) electrons. The van der Waals surface area contributed by atoms with Crippen molar-refractivity contribution in [2.45, 2.75) is 26.4 Å². The molecule has 1 aromatic heterocycles. The van der Waals surface area contributed by atoms with Gasteiger partial charge >= 0.3 is 0 Å². The maximum absolute atomic E-state index is 14.0. The summed E-state index contributed by atoms with van der Waals surface area (Å²) in [5, 5.41) is 2.71. The summed E-state index contributed by atoms with van der Waals surface area (Å²) < 4.78 is 15.6. The highest BCUT2D eigenvalue weighted by molar-refractivity contribution is 5.81. The number of hydrogen-bond acceptors (Lipinski definition) is 3. The van der Waals surface area contributed by atoms with Crippen molar-refractivity contribution in [3.63, 3.8) is 0 Å². The van der Waals surface area contributed by atoms with Gasteiger partial charge in [0, 0.05) is 18.9 Å². The number of carbonyl (C=O) groups is 1. The number of imidazole rings is 1. The Hall–Kier alpha value is -2.21. The van der Waals surface area contributed by atoms with Gasteiger partial charge in [0.2, 0.25) is 5.91 Å². The van der Waals surface area contributed by atoms with Crippen molar-refractivity contribution >= 4 is 5.91 Å². The van der Waals surface area contributed by atoms with Crippen LogP contribution >= 0.6 is 0 Å². The molecule has 0 aliphatic rings. The van der Waals surface area contributed by atoms with Crippen LogP contribution in [0.2, 0.25) is 0 Å². The first-order chi connectivity index (χ1) is 9.99. The van der Waals surface area contributed by atoms with Crippen LogP contribution in [0.3, 0.4) is 0 Å². The highest BCUT2D eigenvalue weighted by atomic mass is 19.1. The molecule has 5 nitrogen and oxygen atoms in total. The standard InChI is InChI=1S/C15H19FN4O/c1-10(2)14(17)15(21)19-8-11-3-4-13(12(16)7-11)20-6-5-18-9-20/h3-7,9-10,14H,8,17H2,1-2H3,(H,19,21)/t14-/m0/s1. The number of nitrogens with zero attached hydrogens (tertiary/aromatic N) is 2. The van der Waals surface area contributed by atoms with Crippen molar-refractivity contribution in [1.82, 2.24) is 14.9 Å². The van der Waals surface area contributed by atoms with Crippen molar-refractivity contribution in [2.24, 2.45) is 11.7 Å². The van der Waals surface area contributed by atoms with E-state index >= 15 is 0 Å². The summed E-state index contributed by atoms with van der Waals surface area (Å²) in [6, 6.07) is 4.26. The van der Waals surface area contributed by atoms with E-state index in [-0.39, 0.29) is 24.2 Å². The molecule has 0 spiro atoms. The van der Waals surface area contributed by atoms with Gasteiger partial charge in [-0.2, -0.15) is 0 Å². The Morgan fingerprint density at radius 2 is 2.24 bits per heavy atom. The van der Waals surface area contributed by atoms with Crippen molar-refractivity contribution in [3.05, 3.63) is 48.3 Å². The smallest absolute Gasteiger partial charge is 0.237 e. The Labute approximate surface area is 123 Å². The Morgan fingerprint density at radius 1 is 1.48 bits per heavy atom. The lowest BCUT2D eigenvalue weighted by Gasteiger charge is -2.15. The van der Waals surface area contributed by atoms with Gasteiger partial charge in [0.25, 0.3) is 0 Å². The Bertz CT molecular complexity index is 610. The van der Waals surface area contributed by atoms with E-state index in [0.717, 1.165) is 0 Å². The van der Waals surface area contributed by atoms with Gasteiger partial charge in [-0.3, -0.25) is 4.79 Å². The Balaban J connectivity index is 2.03. The number of nitrogens with two attached hydrogens (primary N) is 1. The Morgan fingerprint density at radius 3 is 2.81 bits per heavy atom. The van der Waals surface area contributed by atoms with Gasteiger partial charge in [0.05, 0.1) is 18.1 Å². The predicted octanol–water partition coefficient (Wildman–Crippen LogP) is 1.61. The molecule has 0 unspecified atom stereocenters. The number of carbonyl (C=O) groups excluding carboxylic acids is 1. The zero-order chi connectivity index (χ0) is 15.4. The molecule has 0 fully saturated rings. The van der Waals surface area contributed by atoms with E-state index in [0.29, 0.717) is 11.3 Å². The summed E-state index contributed by atoms with van der Waals surface area (Å²) in [5.74, 6) is -0.539. The summed E-state index contributed by atoms with van der Waals surface area (Å²) in [6.07, 6.45) is 4.78. The molecule has 1 atom stereocenters. The Kier molecular flexibility index (Phi) is 4.70. The number of halogens is 1. The molecule has 112 valence electrons. The molecule has 2 aromatic rings. The molecule has 6 heteroatoms. The van der Waals surface area contributed by atoms with E-state index < -0.39 is 6.04 Å². The first-order valence-electron chi connectivity index (χ1n) is 6.79. The predicted molar refractivity (Wildman–Crippen MR) is 78.2 cm³/mol. The van der Waals surface area contributed by atoms with Gasteiger partial charge in [-0.05, 0) is 23.6 Å². The first kappa shape index (κ1) is 15.2. The molecule has 0 bridgehead atoms. The van der Waals surface area contributed by atoms with Crippen LogP contribution in [-0.4, -0.2) is 21.5 Å². The molecule has 2 rings (SSSR count). The lowest BCUT2D eigenvalue weighted by molar-refractivity contribution is -0.123. The van der Waals surface area contributed by atoms with Crippen LogP contribution < -0.4 is 11.1 Å². The molecule has 0 saturated heterocycles. The zero-order valence-electron chi connectivity index (χ0n) is 12.1. The van der Waals surface area contributed by atoms with Crippen LogP contribution in [0.4, 0.5) is 4.39 Å². The number of aromatic nitrogens is 2. The van der Waals surface area contributed by atoms with E-state index in [1.807, 2.05) is 13.8 Å². The topological polar surface area (TPSA) is 72.9 Å². The van der Waals surface area contributed by atoms with Gasteiger partial charge in [-0.15, -0.1) is 0 Å². The molecule has 1 aromatic carbocycles. The average molecular weight is 290 g/mol. The van der Waals surface area contributed by atoms with E-state index in [2.05, 4.69) is 10.3 Å². The fourth-order valence-electron chi connectivity index (χ4n) is 1.88. The number of hydrogen-bond donors (Lipinski definition) is 2. The van der Waals surface area contributed by atoms with E-state index in [4.69, 9.17) is 5.73 Å². The zero-order valence-corrected chi connectivity index (χ0v) is 12.1. The third kappa shape index (κ3) is 3.66. The normalized spacial score (nSPS) is 12.4. The van der Waals surface area contributed by atoms with Gasteiger partial charge in [0.1, 0.15) is 5.82 Å². The highest BCUT2D eigenvalue weighted by Crippen LogP contribution is 2.15. The van der Waals surface area contributed by atoms with Gasteiger partial charge in [-0.1, -0.05) is 19.9 Å². The van der Waals surface area contributed by atoms with Crippen molar-refractivity contribution in [3.8, 4) is 5.69 Å². The van der Waals surface area contributed by atoms with Crippen LogP contribution in [-0.2, 0) is 11.3 Å². The number of amides is 1. The second-order valence-corrected chi connectivity index (χ2v) is 5.24. The third-order valence-corrected chi connectivity index (χ3v) is 3.28. The summed E-state index contributed by atoms with van der Waals surface area (Å²) >= 11 is 0. The van der Waals surface area contributed by atoms with Gasteiger partial charge < -0.3 is 15.6 Å². The molecule has 3 N–H and O–H groups in total. The van der Waals surface area contributed by atoms with Crippen LogP contribution in [0.15, 0.2) is 36.9 Å². The van der Waals surface area contributed by atoms with Crippen LogP contribution in [0, 0.1) is 11.7 Å². The number of benzene rings is 1. The SMILES string of the molecule is CC(C)[C@H](N)C(=O)NCc1ccc(-n2ccnc2)c(F)c1. The average Bonchev–Trinajstić information content (AvgIpc) is 2.97. The molecule has 0 saturated carbocycles. The van der Waals surface area contributed by atoms with Crippen molar-refractivity contribution in [1.29, 1.82) is 0 Å². The maximum atomic E-state index is 14.0. The fourth-order valence-corrected chi connectivity index (χ4v) is 1.88. The monoisotopic (exact) mass is 290 g/mol. The minimum absolute atomic E-state index is 0.0605. The van der Waals surface area contributed by atoms with E-state index in [9.17, 15) is 9.18 Å². The van der Waals surface area contributed by atoms with Crippen molar-refractivity contribution in [2.75, 3.05) is 0 Å². The van der Waals surface area contributed by atoms with E-state index in [1.54, 1.807) is 29.1 Å². The minimum atomic E-state index is -0.555. The largest absolute Gasteiger partial charge is 0.351 e. The van der Waals surface area contributed by atoms with Crippen molar-refractivity contribution < 1.29 is 9.18 Å². The lowest BCUT2D eigenvalue weighted by Crippen LogP contribution is -2.43. The first-order valence-corrected chi connectivity index (χ1v) is 6.79. The minimum Gasteiger partial charge on any atom is -0.351 e. The summed E-state index contributed by atoms with van der Waals surface area (Å²) in [6.45, 7) is 4.01. The lowest BCUT2D eigenvalue weighted by atomic mass is 10.0. The quantitative estimate of drug-likeness (QED) is 0.878. The molecule has 21 heavy (non-hydrogen) atoms. The molecule has 1 heterocycles. The molecule has 0 aliphatic carbocycles. The molecular formula is C15H19FN4O. The van der Waals surface area contributed by atoms with Gasteiger partial charge in [-0.25, -0.2) is 9.37 Å². The molecule has 1 amide bonds. The summed E-state index contributed by atoms with van der Waals surface area (Å²) in [5.41, 5.74) is 6.85. The van der Waals surface area contributed by atoms with Crippen LogP contribution in [0.25, 0.3) is 5.69 Å².